The second-order valence-electron chi connectivity index (χ2n) is 3.09. The molecule has 0 spiro atoms. The molecule has 0 unspecified atom stereocenters. The standard InChI is InChI=1S/C10H13ClN2O2/c1-3-12(2)10(14)13(15)9-6-4-5-8(11)7-9/h4-7,15H,3H2,1-2H3. The number of benzene rings is 1. The number of hydrogen-bond acceptors (Lipinski definition) is 2. The Morgan fingerprint density at radius 2 is 2.20 bits per heavy atom. The maximum Gasteiger partial charge on any atom is 0.348 e. The zero-order valence-electron chi connectivity index (χ0n) is 8.64. The van der Waals surface area contributed by atoms with E-state index in [1.807, 2.05) is 6.92 Å². The summed E-state index contributed by atoms with van der Waals surface area (Å²) in [5.74, 6) is 0. The van der Waals surface area contributed by atoms with Gasteiger partial charge in [-0.3, -0.25) is 5.21 Å². The van der Waals surface area contributed by atoms with E-state index in [9.17, 15) is 10.0 Å². The molecule has 0 saturated heterocycles. The van der Waals surface area contributed by atoms with Gasteiger partial charge >= 0.3 is 6.03 Å². The predicted molar refractivity (Wildman–Crippen MR) is 59.4 cm³/mol. The normalized spacial score (nSPS) is 9.87. The lowest BCUT2D eigenvalue weighted by Gasteiger charge is -2.21. The first kappa shape index (κ1) is 11.8. The summed E-state index contributed by atoms with van der Waals surface area (Å²) in [6.45, 7) is 2.35. The maximum absolute atomic E-state index is 11.5. The van der Waals surface area contributed by atoms with Gasteiger partial charge in [-0.2, -0.15) is 5.06 Å². The lowest BCUT2D eigenvalue weighted by Crippen LogP contribution is -2.39. The van der Waals surface area contributed by atoms with Gasteiger partial charge in [0.2, 0.25) is 0 Å². The van der Waals surface area contributed by atoms with Gasteiger partial charge in [0.25, 0.3) is 0 Å². The summed E-state index contributed by atoms with van der Waals surface area (Å²) in [6.07, 6.45) is 0. The fourth-order valence-corrected chi connectivity index (χ4v) is 1.20. The maximum atomic E-state index is 11.5. The molecule has 0 fully saturated rings. The first-order chi connectivity index (χ1) is 7.06. The van der Waals surface area contributed by atoms with Crippen molar-refractivity contribution in [1.29, 1.82) is 0 Å². The molecule has 1 aromatic rings. The van der Waals surface area contributed by atoms with Gasteiger partial charge in [0, 0.05) is 18.6 Å². The molecule has 2 amide bonds. The molecule has 82 valence electrons. The summed E-state index contributed by atoms with van der Waals surface area (Å²) in [5, 5.41) is 10.6. The molecule has 1 aromatic carbocycles. The SMILES string of the molecule is CCN(C)C(=O)N(O)c1cccc(Cl)c1. The van der Waals surface area contributed by atoms with Gasteiger partial charge < -0.3 is 4.90 Å². The van der Waals surface area contributed by atoms with E-state index >= 15 is 0 Å². The Morgan fingerprint density at radius 1 is 1.53 bits per heavy atom. The Bertz CT molecular complexity index is 357. The highest BCUT2D eigenvalue weighted by Gasteiger charge is 2.16. The third kappa shape index (κ3) is 2.84. The molecule has 1 N–H and O–H groups in total. The van der Waals surface area contributed by atoms with Crippen LogP contribution in [0.4, 0.5) is 10.5 Å². The van der Waals surface area contributed by atoms with Gasteiger partial charge in [-0.25, -0.2) is 4.79 Å². The molecule has 0 aromatic heterocycles. The van der Waals surface area contributed by atoms with Crippen LogP contribution in [0.5, 0.6) is 0 Å². The highest BCUT2D eigenvalue weighted by molar-refractivity contribution is 6.30. The minimum Gasteiger partial charge on any atom is -0.326 e. The number of hydrogen-bond donors (Lipinski definition) is 1. The topological polar surface area (TPSA) is 43.8 Å². The number of nitrogens with zero attached hydrogens (tertiary/aromatic N) is 2. The van der Waals surface area contributed by atoms with Crippen LogP contribution in [0, 0.1) is 0 Å². The van der Waals surface area contributed by atoms with Crippen LogP contribution in [0.1, 0.15) is 6.92 Å². The minimum atomic E-state index is -0.486. The van der Waals surface area contributed by atoms with Crippen LogP contribution in [-0.2, 0) is 0 Å². The van der Waals surface area contributed by atoms with Gasteiger partial charge in [0.15, 0.2) is 0 Å². The quantitative estimate of drug-likeness (QED) is 0.625. The van der Waals surface area contributed by atoms with E-state index in [4.69, 9.17) is 11.6 Å². The van der Waals surface area contributed by atoms with Gasteiger partial charge in [-0.1, -0.05) is 17.7 Å². The zero-order chi connectivity index (χ0) is 11.4. The highest BCUT2D eigenvalue weighted by Crippen LogP contribution is 2.18. The molecule has 1 rings (SSSR count). The summed E-state index contributed by atoms with van der Waals surface area (Å²) in [5.41, 5.74) is 0.354. The Balaban J connectivity index is 2.85. The average Bonchev–Trinajstić information content (AvgIpc) is 2.26. The molecule has 15 heavy (non-hydrogen) atoms. The first-order valence-corrected chi connectivity index (χ1v) is 4.93. The molecule has 0 radical (unpaired) electrons. The summed E-state index contributed by atoms with van der Waals surface area (Å²) in [4.78, 5) is 12.9. The number of urea groups is 1. The van der Waals surface area contributed by atoms with Crippen molar-refractivity contribution in [3.8, 4) is 0 Å². The molecule has 5 heteroatoms. The average molecular weight is 229 g/mol. The van der Waals surface area contributed by atoms with Crippen LogP contribution >= 0.6 is 11.6 Å². The van der Waals surface area contributed by atoms with Gasteiger partial charge in [0.05, 0.1) is 5.69 Å². The Kier molecular flexibility index (Phi) is 3.94. The number of rotatable bonds is 2. The van der Waals surface area contributed by atoms with E-state index in [0.717, 1.165) is 0 Å². The Labute approximate surface area is 93.6 Å². The smallest absolute Gasteiger partial charge is 0.326 e. The van der Waals surface area contributed by atoms with Crippen molar-refractivity contribution < 1.29 is 10.0 Å². The second-order valence-corrected chi connectivity index (χ2v) is 3.52. The van der Waals surface area contributed by atoms with Crippen LogP contribution in [0.2, 0.25) is 5.02 Å². The first-order valence-electron chi connectivity index (χ1n) is 4.56. The Hall–Kier alpha value is -1.26. The van der Waals surface area contributed by atoms with Crippen molar-refractivity contribution in [2.24, 2.45) is 0 Å². The largest absolute Gasteiger partial charge is 0.348 e. The minimum absolute atomic E-state index is 0.354. The molecule has 0 saturated carbocycles. The number of halogens is 1. The van der Waals surface area contributed by atoms with Crippen molar-refractivity contribution in [3.63, 3.8) is 0 Å². The van der Waals surface area contributed by atoms with Crippen molar-refractivity contribution in [3.05, 3.63) is 29.3 Å². The second kappa shape index (κ2) is 5.00. The fraction of sp³-hybridized carbons (Fsp3) is 0.300. The molecule has 0 aliphatic carbocycles. The number of hydroxylamine groups is 1. The van der Waals surface area contributed by atoms with Crippen molar-refractivity contribution >= 4 is 23.3 Å². The van der Waals surface area contributed by atoms with Gasteiger partial charge in [-0.05, 0) is 25.1 Å². The zero-order valence-corrected chi connectivity index (χ0v) is 9.40. The molecule has 0 atom stereocenters. The monoisotopic (exact) mass is 228 g/mol. The van der Waals surface area contributed by atoms with Crippen molar-refractivity contribution in [2.45, 2.75) is 6.92 Å². The predicted octanol–water partition coefficient (Wildman–Crippen LogP) is 2.61. The summed E-state index contributed by atoms with van der Waals surface area (Å²) in [6, 6.07) is 5.98. The van der Waals surface area contributed by atoms with E-state index in [1.54, 1.807) is 25.2 Å². The highest BCUT2D eigenvalue weighted by atomic mass is 35.5. The van der Waals surface area contributed by atoms with Crippen LogP contribution in [-0.4, -0.2) is 29.7 Å². The number of carbonyl (C=O) groups excluding carboxylic acids is 1. The van der Waals surface area contributed by atoms with Gasteiger partial charge in [-0.15, -0.1) is 0 Å². The van der Waals surface area contributed by atoms with Crippen LogP contribution in [0.25, 0.3) is 0 Å². The molecular formula is C10H13ClN2O2. The Morgan fingerprint density at radius 3 is 2.73 bits per heavy atom. The summed E-state index contributed by atoms with van der Waals surface area (Å²) >= 11 is 5.74. The number of amides is 2. The van der Waals surface area contributed by atoms with E-state index < -0.39 is 6.03 Å². The molecule has 0 aliphatic heterocycles. The number of anilines is 1. The molecule has 0 bridgehead atoms. The third-order valence-corrected chi connectivity index (χ3v) is 2.27. The van der Waals surface area contributed by atoms with Crippen molar-refractivity contribution in [1.82, 2.24) is 4.90 Å². The lowest BCUT2D eigenvalue weighted by atomic mass is 10.3. The number of carbonyl (C=O) groups is 1. The van der Waals surface area contributed by atoms with E-state index in [1.165, 1.54) is 11.0 Å². The summed E-state index contributed by atoms with van der Waals surface area (Å²) in [7, 11) is 1.61. The van der Waals surface area contributed by atoms with Crippen LogP contribution in [0.15, 0.2) is 24.3 Å². The fourth-order valence-electron chi connectivity index (χ4n) is 1.02. The third-order valence-electron chi connectivity index (χ3n) is 2.03. The van der Waals surface area contributed by atoms with Crippen LogP contribution in [0.3, 0.4) is 0 Å². The molecule has 0 heterocycles. The van der Waals surface area contributed by atoms with Crippen molar-refractivity contribution in [2.75, 3.05) is 18.7 Å². The van der Waals surface area contributed by atoms with Crippen LogP contribution < -0.4 is 5.06 Å². The molecular weight excluding hydrogens is 216 g/mol. The lowest BCUT2D eigenvalue weighted by molar-refractivity contribution is 0.177. The molecule has 4 nitrogen and oxygen atoms in total. The molecule has 0 aliphatic rings. The summed E-state index contributed by atoms with van der Waals surface area (Å²) < 4.78 is 0. The van der Waals surface area contributed by atoms with E-state index in [2.05, 4.69) is 0 Å². The van der Waals surface area contributed by atoms with Gasteiger partial charge in [0.1, 0.15) is 0 Å². The van der Waals surface area contributed by atoms with E-state index in [-0.39, 0.29) is 0 Å². The van der Waals surface area contributed by atoms with E-state index in [0.29, 0.717) is 22.3 Å².